The van der Waals surface area contributed by atoms with Gasteiger partial charge in [0.15, 0.2) is 0 Å². The Kier molecular flexibility index (Phi) is 5.07. The van der Waals surface area contributed by atoms with Gasteiger partial charge in [-0.3, -0.25) is 4.79 Å². The number of aromatic nitrogens is 1. The number of carbonyl (C=O) groups is 1. The number of nitrogens with zero attached hydrogens (tertiary/aromatic N) is 2. The molecule has 0 bridgehead atoms. The Morgan fingerprint density at radius 1 is 1.35 bits per heavy atom. The van der Waals surface area contributed by atoms with Crippen LogP contribution in [0.15, 0.2) is 5.38 Å². The molecule has 0 radical (unpaired) electrons. The molecular weight excluding hydrogens is 308 g/mol. The molecule has 3 heterocycles. The molecule has 1 aromatic rings. The molecule has 1 aromatic heterocycles. The molecule has 5 heteroatoms. The van der Waals surface area contributed by atoms with E-state index in [2.05, 4.69) is 31.1 Å². The molecule has 2 saturated heterocycles. The first-order chi connectivity index (χ1) is 10.9. The molecule has 0 saturated carbocycles. The van der Waals surface area contributed by atoms with Gasteiger partial charge in [0.25, 0.3) is 0 Å². The summed E-state index contributed by atoms with van der Waals surface area (Å²) >= 11 is 1.71. The minimum absolute atomic E-state index is 0.0654. The van der Waals surface area contributed by atoms with Gasteiger partial charge in [0.2, 0.25) is 5.91 Å². The van der Waals surface area contributed by atoms with E-state index < -0.39 is 0 Å². The average molecular weight is 337 g/mol. The summed E-state index contributed by atoms with van der Waals surface area (Å²) in [4.78, 5) is 19.7. The van der Waals surface area contributed by atoms with Gasteiger partial charge >= 0.3 is 0 Å². The molecule has 0 spiro atoms. The van der Waals surface area contributed by atoms with Gasteiger partial charge in [-0.15, -0.1) is 11.3 Å². The number of hydrogen-bond acceptors (Lipinski definition) is 4. The topological polar surface area (TPSA) is 42.4 Å². The van der Waals surface area contributed by atoms with Crippen LogP contribution < -0.4 is 0 Å². The molecule has 4 nitrogen and oxygen atoms in total. The Labute approximate surface area is 143 Å². The zero-order chi connectivity index (χ0) is 16.4. The third-order valence-corrected chi connectivity index (χ3v) is 5.77. The van der Waals surface area contributed by atoms with Crippen LogP contribution in [-0.4, -0.2) is 35.0 Å². The molecule has 0 N–H and O–H groups in total. The van der Waals surface area contributed by atoms with Crippen LogP contribution in [0.2, 0.25) is 0 Å². The summed E-state index contributed by atoms with van der Waals surface area (Å²) in [5.74, 6) is 0.245. The summed E-state index contributed by atoms with van der Waals surface area (Å²) in [7, 11) is 0. The van der Waals surface area contributed by atoms with E-state index in [1.807, 2.05) is 0 Å². The van der Waals surface area contributed by atoms with E-state index >= 15 is 0 Å². The fourth-order valence-electron chi connectivity index (χ4n) is 3.39. The molecule has 0 unspecified atom stereocenters. The van der Waals surface area contributed by atoms with Gasteiger partial charge in [-0.1, -0.05) is 20.8 Å². The molecule has 2 aliphatic heterocycles. The highest BCUT2D eigenvalue weighted by molar-refractivity contribution is 7.09. The second-order valence-corrected chi connectivity index (χ2v) is 8.65. The molecule has 23 heavy (non-hydrogen) atoms. The van der Waals surface area contributed by atoms with Crippen molar-refractivity contribution < 1.29 is 9.53 Å². The van der Waals surface area contributed by atoms with Crippen molar-refractivity contribution in [3.63, 3.8) is 0 Å². The number of carbonyl (C=O) groups excluding carboxylic acids is 1. The van der Waals surface area contributed by atoms with Gasteiger partial charge in [0, 0.05) is 23.9 Å². The molecule has 1 amide bonds. The van der Waals surface area contributed by atoms with Crippen LogP contribution in [0.1, 0.15) is 76.0 Å². The van der Waals surface area contributed by atoms with Crippen molar-refractivity contribution in [1.29, 1.82) is 0 Å². The van der Waals surface area contributed by atoms with Crippen molar-refractivity contribution in [2.75, 3.05) is 13.2 Å². The van der Waals surface area contributed by atoms with Crippen molar-refractivity contribution in [2.45, 2.75) is 76.9 Å². The minimum atomic E-state index is 0.0654. The largest absolute Gasteiger partial charge is 0.378 e. The fraction of sp³-hybridized carbons (Fsp3) is 0.778. The highest BCUT2D eigenvalue weighted by Crippen LogP contribution is 2.35. The normalized spacial score (nSPS) is 25.8. The fourth-order valence-corrected chi connectivity index (χ4v) is 4.58. The van der Waals surface area contributed by atoms with Crippen LogP contribution in [-0.2, 0) is 14.9 Å². The first kappa shape index (κ1) is 16.9. The molecule has 3 rings (SSSR count). The number of likely N-dealkylation sites (tertiary alicyclic amines) is 1. The lowest BCUT2D eigenvalue weighted by Crippen LogP contribution is -2.39. The molecule has 0 aromatic carbocycles. The third kappa shape index (κ3) is 3.94. The Bertz CT molecular complexity index is 543. The van der Waals surface area contributed by atoms with E-state index in [0.29, 0.717) is 6.42 Å². The van der Waals surface area contributed by atoms with Gasteiger partial charge < -0.3 is 9.64 Å². The number of rotatable bonds is 3. The summed E-state index contributed by atoms with van der Waals surface area (Å²) in [6.07, 6.45) is 6.09. The van der Waals surface area contributed by atoms with Crippen LogP contribution in [0.5, 0.6) is 0 Å². The zero-order valence-corrected chi connectivity index (χ0v) is 15.3. The predicted molar refractivity (Wildman–Crippen MR) is 92.7 cm³/mol. The quantitative estimate of drug-likeness (QED) is 0.836. The molecule has 0 aliphatic carbocycles. The van der Waals surface area contributed by atoms with Crippen LogP contribution in [0.4, 0.5) is 0 Å². The molecular formula is C18H28N2O2S. The maximum absolute atomic E-state index is 12.8. The lowest BCUT2D eigenvalue weighted by atomic mass is 9.93. The van der Waals surface area contributed by atoms with Gasteiger partial charge in [-0.2, -0.15) is 0 Å². The highest BCUT2D eigenvalue weighted by Gasteiger charge is 2.32. The second kappa shape index (κ2) is 6.89. The van der Waals surface area contributed by atoms with Gasteiger partial charge in [0.1, 0.15) is 5.01 Å². The Morgan fingerprint density at radius 2 is 2.17 bits per heavy atom. The van der Waals surface area contributed by atoms with E-state index in [1.165, 1.54) is 6.42 Å². The van der Waals surface area contributed by atoms with Crippen LogP contribution >= 0.6 is 11.3 Å². The monoisotopic (exact) mass is 336 g/mol. The first-order valence-corrected chi connectivity index (χ1v) is 9.70. The van der Waals surface area contributed by atoms with Crippen molar-refractivity contribution in [1.82, 2.24) is 9.88 Å². The Morgan fingerprint density at radius 3 is 2.83 bits per heavy atom. The maximum Gasteiger partial charge on any atom is 0.225 e. The molecule has 2 aliphatic rings. The van der Waals surface area contributed by atoms with Crippen molar-refractivity contribution in [2.24, 2.45) is 0 Å². The van der Waals surface area contributed by atoms with Gasteiger partial charge in [-0.05, 0) is 32.1 Å². The summed E-state index contributed by atoms with van der Waals surface area (Å²) in [5, 5.41) is 3.27. The maximum atomic E-state index is 12.8. The Balaban J connectivity index is 1.73. The van der Waals surface area contributed by atoms with E-state index in [-0.39, 0.29) is 23.5 Å². The summed E-state index contributed by atoms with van der Waals surface area (Å²) in [5.41, 5.74) is 1.20. The molecule has 2 fully saturated rings. The number of piperidine rings is 1. The van der Waals surface area contributed by atoms with Crippen molar-refractivity contribution in [3.05, 3.63) is 16.1 Å². The summed E-state index contributed by atoms with van der Waals surface area (Å²) < 4.78 is 5.64. The van der Waals surface area contributed by atoms with Crippen LogP contribution in [0, 0.1) is 0 Å². The van der Waals surface area contributed by atoms with E-state index in [9.17, 15) is 4.79 Å². The second-order valence-electron chi connectivity index (χ2n) is 7.76. The number of thiazole rings is 1. The van der Waals surface area contributed by atoms with Gasteiger partial charge in [0.05, 0.1) is 24.3 Å². The van der Waals surface area contributed by atoms with Crippen LogP contribution in [0.25, 0.3) is 0 Å². The standard InChI is InChI=1S/C18H28N2O2S/c1-18(2,3)15-12-23-17(19-15)14-8-4-5-9-20(14)16(21)11-13-7-6-10-22-13/h12-14H,4-11H2,1-3H3/t13-,14-/m1/s1. The molecule has 128 valence electrons. The van der Waals surface area contributed by atoms with E-state index in [4.69, 9.17) is 9.72 Å². The first-order valence-electron chi connectivity index (χ1n) is 8.82. The van der Waals surface area contributed by atoms with Crippen molar-refractivity contribution in [3.8, 4) is 0 Å². The number of ether oxygens (including phenoxy) is 1. The average Bonchev–Trinajstić information content (AvgIpc) is 3.18. The lowest BCUT2D eigenvalue weighted by Gasteiger charge is -2.35. The number of hydrogen-bond donors (Lipinski definition) is 0. The minimum Gasteiger partial charge on any atom is -0.378 e. The molecule has 2 atom stereocenters. The smallest absolute Gasteiger partial charge is 0.225 e. The SMILES string of the molecule is CC(C)(C)c1csc([C@H]2CCCCN2C(=O)C[C@H]2CCCO2)n1. The predicted octanol–water partition coefficient (Wildman–Crippen LogP) is 4.06. The van der Waals surface area contributed by atoms with Crippen LogP contribution in [0.3, 0.4) is 0 Å². The highest BCUT2D eigenvalue weighted by atomic mass is 32.1. The lowest BCUT2D eigenvalue weighted by molar-refractivity contribution is -0.137. The Hall–Kier alpha value is -0.940. The van der Waals surface area contributed by atoms with Crippen molar-refractivity contribution >= 4 is 17.2 Å². The van der Waals surface area contributed by atoms with Gasteiger partial charge in [-0.25, -0.2) is 4.98 Å². The summed E-state index contributed by atoms with van der Waals surface area (Å²) in [6.45, 7) is 8.23. The van der Waals surface area contributed by atoms with E-state index in [0.717, 1.165) is 49.5 Å². The number of amides is 1. The summed E-state index contributed by atoms with van der Waals surface area (Å²) in [6, 6.07) is 0.166. The zero-order valence-electron chi connectivity index (χ0n) is 14.5. The van der Waals surface area contributed by atoms with E-state index in [1.54, 1.807) is 11.3 Å². The third-order valence-electron chi connectivity index (χ3n) is 4.82.